The maximum Gasteiger partial charge on any atom is 0.326 e. The molecule has 0 radical (unpaired) electrons. The summed E-state index contributed by atoms with van der Waals surface area (Å²) in [5, 5.41) is 3.44. The molecule has 0 bridgehead atoms. The third-order valence-electron chi connectivity index (χ3n) is 3.96. The Morgan fingerprint density at radius 2 is 2.05 bits per heavy atom. The molecular weight excluding hydrogens is 250 g/mol. The molecule has 1 aromatic rings. The number of hydrogen-bond acceptors (Lipinski definition) is 3. The molecule has 20 heavy (non-hydrogen) atoms. The van der Waals surface area contributed by atoms with E-state index in [4.69, 9.17) is 4.74 Å². The van der Waals surface area contributed by atoms with Crippen molar-refractivity contribution >= 4 is 5.97 Å². The fourth-order valence-electron chi connectivity index (χ4n) is 2.28. The van der Waals surface area contributed by atoms with Crippen molar-refractivity contribution in [2.24, 2.45) is 5.92 Å². The molecule has 0 aliphatic heterocycles. The van der Waals surface area contributed by atoms with Crippen molar-refractivity contribution in [1.82, 2.24) is 5.32 Å². The van der Waals surface area contributed by atoms with E-state index in [0.29, 0.717) is 6.61 Å². The van der Waals surface area contributed by atoms with Gasteiger partial charge in [-0.3, -0.25) is 4.79 Å². The summed E-state index contributed by atoms with van der Waals surface area (Å²) in [5.41, 5.74) is 0.685. The van der Waals surface area contributed by atoms with Crippen LogP contribution in [-0.4, -0.2) is 24.7 Å². The van der Waals surface area contributed by atoms with Crippen molar-refractivity contribution in [2.75, 3.05) is 13.2 Å². The van der Waals surface area contributed by atoms with E-state index in [1.54, 1.807) is 0 Å². The Bertz CT molecular complexity index is 428. The molecule has 1 fully saturated rings. The van der Waals surface area contributed by atoms with Crippen molar-refractivity contribution in [1.29, 1.82) is 0 Å². The van der Waals surface area contributed by atoms with E-state index >= 15 is 0 Å². The molecule has 0 saturated heterocycles. The van der Waals surface area contributed by atoms with E-state index in [2.05, 4.69) is 17.4 Å². The molecule has 3 nitrogen and oxygen atoms in total. The fourth-order valence-corrected chi connectivity index (χ4v) is 2.28. The lowest BCUT2D eigenvalue weighted by molar-refractivity contribution is -0.150. The molecule has 1 aliphatic rings. The first-order chi connectivity index (χ1) is 9.64. The second kappa shape index (κ2) is 6.89. The zero-order valence-corrected chi connectivity index (χ0v) is 12.5. The first-order valence-electron chi connectivity index (χ1n) is 7.60. The number of rotatable bonds is 8. The van der Waals surface area contributed by atoms with Crippen LogP contribution in [0.4, 0.5) is 0 Å². The van der Waals surface area contributed by atoms with Gasteiger partial charge in [-0.05, 0) is 57.6 Å². The highest BCUT2D eigenvalue weighted by molar-refractivity contribution is 5.80. The minimum absolute atomic E-state index is 0.128. The van der Waals surface area contributed by atoms with Gasteiger partial charge in [-0.1, -0.05) is 30.3 Å². The van der Waals surface area contributed by atoms with Gasteiger partial charge in [0.2, 0.25) is 0 Å². The summed E-state index contributed by atoms with van der Waals surface area (Å²) in [4.78, 5) is 12.2. The van der Waals surface area contributed by atoms with Gasteiger partial charge in [0, 0.05) is 0 Å². The third-order valence-corrected chi connectivity index (χ3v) is 3.96. The van der Waals surface area contributed by atoms with Gasteiger partial charge in [-0.15, -0.1) is 0 Å². The highest BCUT2D eigenvalue weighted by Gasteiger charge is 2.35. The minimum atomic E-state index is -0.575. The highest BCUT2D eigenvalue weighted by Crippen LogP contribution is 2.29. The Labute approximate surface area is 121 Å². The summed E-state index contributed by atoms with van der Waals surface area (Å²) in [7, 11) is 0. The quantitative estimate of drug-likeness (QED) is 0.741. The Morgan fingerprint density at radius 1 is 1.35 bits per heavy atom. The lowest BCUT2D eigenvalue weighted by atomic mass is 9.93. The van der Waals surface area contributed by atoms with Crippen LogP contribution in [0.25, 0.3) is 0 Å². The zero-order chi connectivity index (χ0) is 14.4. The predicted molar refractivity (Wildman–Crippen MR) is 80.5 cm³/mol. The summed E-state index contributed by atoms with van der Waals surface area (Å²) < 4.78 is 5.25. The summed E-state index contributed by atoms with van der Waals surface area (Å²) in [6.07, 6.45) is 4.21. The number of aryl methyl sites for hydroxylation is 1. The number of benzene rings is 1. The lowest BCUT2D eigenvalue weighted by Gasteiger charge is -2.28. The maximum atomic E-state index is 12.2. The number of carbonyl (C=O) groups excluding carboxylic acids is 1. The van der Waals surface area contributed by atoms with Gasteiger partial charge >= 0.3 is 5.97 Å². The van der Waals surface area contributed by atoms with Crippen molar-refractivity contribution in [3.63, 3.8) is 0 Å². The molecule has 1 N–H and O–H groups in total. The standard InChI is InChI=1S/C17H25NO2/c1-3-20-16(19)17(2,18-13-15-9-10-15)12-11-14-7-5-4-6-8-14/h4-8,15,18H,3,9-13H2,1-2H3. The van der Waals surface area contributed by atoms with Gasteiger partial charge in [-0.25, -0.2) is 0 Å². The maximum absolute atomic E-state index is 12.2. The van der Waals surface area contributed by atoms with Crippen molar-refractivity contribution < 1.29 is 9.53 Å². The molecular formula is C17H25NO2. The molecule has 1 aromatic carbocycles. The van der Waals surface area contributed by atoms with Gasteiger partial charge in [0.1, 0.15) is 5.54 Å². The number of nitrogens with one attached hydrogen (secondary N) is 1. The number of hydrogen-bond donors (Lipinski definition) is 1. The van der Waals surface area contributed by atoms with Crippen LogP contribution in [0, 0.1) is 5.92 Å². The molecule has 0 aromatic heterocycles. The van der Waals surface area contributed by atoms with Crippen molar-refractivity contribution in [3.05, 3.63) is 35.9 Å². The topological polar surface area (TPSA) is 38.3 Å². The fraction of sp³-hybridized carbons (Fsp3) is 0.588. The average Bonchev–Trinajstić information content (AvgIpc) is 3.28. The van der Waals surface area contributed by atoms with Crippen LogP contribution in [-0.2, 0) is 16.0 Å². The molecule has 1 atom stereocenters. The van der Waals surface area contributed by atoms with E-state index in [9.17, 15) is 4.79 Å². The summed E-state index contributed by atoms with van der Waals surface area (Å²) in [5.74, 6) is 0.622. The van der Waals surface area contributed by atoms with Crippen LogP contribution in [0.15, 0.2) is 30.3 Å². The molecule has 110 valence electrons. The Balaban J connectivity index is 1.94. The largest absolute Gasteiger partial charge is 0.465 e. The Morgan fingerprint density at radius 3 is 2.65 bits per heavy atom. The number of esters is 1. The zero-order valence-electron chi connectivity index (χ0n) is 12.5. The summed E-state index contributed by atoms with van der Waals surface area (Å²) in [6.45, 7) is 5.18. The normalized spacial score (nSPS) is 17.5. The van der Waals surface area contributed by atoms with Crippen molar-refractivity contribution in [2.45, 2.75) is 45.1 Å². The monoisotopic (exact) mass is 275 g/mol. The first kappa shape index (κ1) is 15.0. The van der Waals surface area contributed by atoms with Gasteiger partial charge in [0.15, 0.2) is 0 Å². The molecule has 2 rings (SSSR count). The van der Waals surface area contributed by atoms with Crippen molar-refractivity contribution in [3.8, 4) is 0 Å². The average molecular weight is 275 g/mol. The minimum Gasteiger partial charge on any atom is -0.465 e. The predicted octanol–water partition coefficient (Wildman–Crippen LogP) is 2.94. The number of ether oxygens (including phenoxy) is 1. The Hall–Kier alpha value is -1.35. The lowest BCUT2D eigenvalue weighted by Crippen LogP contribution is -2.51. The SMILES string of the molecule is CCOC(=O)C(C)(CCc1ccccc1)NCC1CC1. The first-order valence-corrected chi connectivity index (χ1v) is 7.60. The van der Waals surface area contributed by atoms with Gasteiger partial charge < -0.3 is 10.1 Å². The van der Waals surface area contributed by atoms with Crippen LogP contribution in [0.3, 0.4) is 0 Å². The van der Waals surface area contributed by atoms with Crippen LogP contribution in [0.1, 0.15) is 38.7 Å². The molecule has 3 heteroatoms. The summed E-state index contributed by atoms with van der Waals surface area (Å²) >= 11 is 0. The van der Waals surface area contributed by atoms with Gasteiger partial charge in [0.05, 0.1) is 6.61 Å². The van der Waals surface area contributed by atoms with E-state index in [-0.39, 0.29) is 5.97 Å². The molecule has 0 spiro atoms. The smallest absolute Gasteiger partial charge is 0.326 e. The molecule has 1 aliphatic carbocycles. The second-order valence-electron chi connectivity index (χ2n) is 5.86. The van der Waals surface area contributed by atoms with Crippen LogP contribution in [0.2, 0.25) is 0 Å². The third kappa shape index (κ3) is 4.34. The Kier molecular flexibility index (Phi) is 5.18. The van der Waals surface area contributed by atoms with Crippen LogP contribution < -0.4 is 5.32 Å². The van der Waals surface area contributed by atoms with E-state index < -0.39 is 5.54 Å². The highest BCUT2D eigenvalue weighted by atomic mass is 16.5. The summed E-state index contributed by atoms with van der Waals surface area (Å²) in [6, 6.07) is 10.3. The van der Waals surface area contributed by atoms with Crippen LogP contribution >= 0.6 is 0 Å². The molecule has 1 saturated carbocycles. The molecule has 0 amide bonds. The van der Waals surface area contributed by atoms with Crippen LogP contribution in [0.5, 0.6) is 0 Å². The number of carbonyl (C=O) groups is 1. The van der Waals surface area contributed by atoms with E-state index in [0.717, 1.165) is 25.3 Å². The van der Waals surface area contributed by atoms with E-state index in [1.807, 2.05) is 32.0 Å². The van der Waals surface area contributed by atoms with Gasteiger partial charge in [0.25, 0.3) is 0 Å². The molecule has 1 unspecified atom stereocenters. The second-order valence-corrected chi connectivity index (χ2v) is 5.86. The molecule has 0 heterocycles. The van der Waals surface area contributed by atoms with E-state index in [1.165, 1.54) is 18.4 Å². The van der Waals surface area contributed by atoms with Gasteiger partial charge in [-0.2, -0.15) is 0 Å².